The summed E-state index contributed by atoms with van der Waals surface area (Å²) >= 11 is 1.44. The van der Waals surface area contributed by atoms with Gasteiger partial charge in [0.15, 0.2) is 5.16 Å². The minimum atomic E-state index is -0.236. The van der Waals surface area contributed by atoms with E-state index in [1.165, 1.54) is 11.8 Å². The molecule has 0 radical (unpaired) electrons. The molecular formula is C17H19N3O3S. The molecule has 3 rings (SSSR count). The largest absolute Gasteiger partial charge is 0.492 e. The molecule has 0 fully saturated rings. The molecule has 1 N–H and O–H groups in total. The highest BCUT2D eigenvalue weighted by atomic mass is 32.2. The van der Waals surface area contributed by atoms with E-state index < -0.39 is 0 Å². The van der Waals surface area contributed by atoms with E-state index in [1.54, 1.807) is 17.7 Å². The molecule has 1 atom stereocenters. The Morgan fingerprint density at radius 1 is 1.42 bits per heavy atom. The van der Waals surface area contributed by atoms with Gasteiger partial charge in [-0.2, -0.15) is 0 Å². The maximum atomic E-state index is 12.3. The summed E-state index contributed by atoms with van der Waals surface area (Å²) in [6.45, 7) is 2.95. The van der Waals surface area contributed by atoms with Gasteiger partial charge in [-0.05, 0) is 19.1 Å². The average Bonchev–Trinajstić information content (AvgIpc) is 2.62. The summed E-state index contributed by atoms with van der Waals surface area (Å²) in [4.78, 5) is 28.7. The molecule has 7 heteroatoms. The van der Waals surface area contributed by atoms with Crippen molar-refractivity contribution < 1.29 is 9.53 Å². The highest BCUT2D eigenvalue weighted by molar-refractivity contribution is 7.99. The number of hydrogen-bond acceptors (Lipinski definition) is 5. The number of hydrogen-bond donors (Lipinski definition) is 1. The highest BCUT2D eigenvalue weighted by Gasteiger charge is 2.26. The third kappa shape index (κ3) is 3.79. The number of nitrogens with one attached hydrogen (secondary N) is 1. The molecule has 0 bridgehead atoms. The first-order valence-electron chi connectivity index (χ1n) is 7.80. The van der Waals surface area contributed by atoms with Crippen LogP contribution in [0.25, 0.3) is 0 Å². The summed E-state index contributed by atoms with van der Waals surface area (Å²) in [5.41, 5.74) is 0.522. The van der Waals surface area contributed by atoms with Crippen LogP contribution in [0.2, 0.25) is 0 Å². The topological polar surface area (TPSA) is 73.2 Å². The van der Waals surface area contributed by atoms with Gasteiger partial charge in [-0.3, -0.25) is 14.2 Å². The summed E-state index contributed by atoms with van der Waals surface area (Å²) in [7, 11) is 0. The van der Waals surface area contributed by atoms with Crippen molar-refractivity contribution in [1.29, 1.82) is 0 Å². The van der Waals surface area contributed by atoms with Crippen molar-refractivity contribution in [2.45, 2.75) is 18.6 Å². The van der Waals surface area contributed by atoms with E-state index >= 15 is 0 Å². The van der Waals surface area contributed by atoms with Gasteiger partial charge in [0.2, 0.25) is 5.91 Å². The summed E-state index contributed by atoms with van der Waals surface area (Å²) in [5, 5.41) is 3.56. The van der Waals surface area contributed by atoms with Gasteiger partial charge in [0, 0.05) is 24.1 Å². The first kappa shape index (κ1) is 16.6. The Kier molecular flexibility index (Phi) is 5.20. The van der Waals surface area contributed by atoms with Crippen molar-refractivity contribution in [2.24, 2.45) is 5.92 Å². The minimum absolute atomic E-state index is 0.0572. The number of aryl methyl sites for hydroxylation is 1. The van der Waals surface area contributed by atoms with Crippen molar-refractivity contribution in [3.63, 3.8) is 0 Å². The Bertz CT molecular complexity index is 776. The molecule has 126 valence electrons. The van der Waals surface area contributed by atoms with Gasteiger partial charge in [0.1, 0.15) is 12.4 Å². The smallest absolute Gasteiger partial charge is 0.257 e. The number of rotatable bonds is 5. The molecule has 2 aromatic rings. The van der Waals surface area contributed by atoms with E-state index in [0.717, 1.165) is 5.75 Å². The van der Waals surface area contributed by atoms with Crippen LogP contribution in [-0.2, 0) is 11.3 Å². The number of thioether (sulfide) groups is 1. The zero-order valence-electron chi connectivity index (χ0n) is 13.4. The third-order valence-electron chi connectivity index (χ3n) is 3.78. The van der Waals surface area contributed by atoms with Gasteiger partial charge in [0.05, 0.1) is 12.5 Å². The summed E-state index contributed by atoms with van der Waals surface area (Å²) in [6, 6.07) is 9.47. The van der Waals surface area contributed by atoms with Gasteiger partial charge >= 0.3 is 0 Å². The molecule has 2 heterocycles. The van der Waals surface area contributed by atoms with Crippen LogP contribution < -0.4 is 15.6 Å². The lowest BCUT2D eigenvalue weighted by molar-refractivity contribution is -0.124. The van der Waals surface area contributed by atoms with Crippen molar-refractivity contribution in [3.8, 4) is 5.75 Å². The molecule has 0 saturated heterocycles. The van der Waals surface area contributed by atoms with E-state index in [4.69, 9.17) is 4.74 Å². The van der Waals surface area contributed by atoms with Gasteiger partial charge in [-0.1, -0.05) is 30.0 Å². The second-order valence-corrected chi connectivity index (χ2v) is 6.59. The van der Waals surface area contributed by atoms with E-state index in [9.17, 15) is 9.59 Å². The molecule has 0 spiro atoms. The van der Waals surface area contributed by atoms with Crippen molar-refractivity contribution >= 4 is 17.7 Å². The Morgan fingerprint density at radius 2 is 2.21 bits per heavy atom. The molecule has 1 amide bonds. The number of aromatic nitrogens is 2. The van der Waals surface area contributed by atoms with Crippen molar-refractivity contribution in [3.05, 3.63) is 52.4 Å². The fraction of sp³-hybridized carbons (Fsp3) is 0.353. The molecular weight excluding hydrogens is 326 g/mol. The van der Waals surface area contributed by atoms with Crippen molar-refractivity contribution in [2.75, 3.05) is 18.9 Å². The van der Waals surface area contributed by atoms with Crippen LogP contribution in [0, 0.1) is 12.8 Å². The lowest BCUT2D eigenvalue weighted by Crippen LogP contribution is -2.41. The van der Waals surface area contributed by atoms with Crippen LogP contribution in [0.5, 0.6) is 5.75 Å². The number of ether oxygens (including phenoxy) is 1. The molecule has 0 saturated carbocycles. The molecule has 6 nitrogen and oxygen atoms in total. The fourth-order valence-corrected chi connectivity index (χ4v) is 3.51. The summed E-state index contributed by atoms with van der Waals surface area (Å²) in [6.07, 6.45) is 1.59. The number of para-hydroxylation sites is 1. The number of carbonyl (C=O) groups excluding carboxylic acids is 1. The number of amides is 1. The van der Waals surface area contributed by atoms with Crippen molar-refractivity contribution in [1.82, 2.24) is 14.9 Å². The predicted octanol–water partition coefficient (Wildman–Crippen LogP) is 1.47. The lowest BCUT2D eigenvalue weighted by Gasteiger charge is -2.24. The van der Waals surface area contributed by atoms with E-state index in [0.29, 0.717) is 36.2 Å². The maximum Gasteiger partial charge on any atom is 0.257 e. The second kappa shape index (κ2) is 7.53. The zero-order chi connectivity index (χ0) is 16.9. The third-order valence-corrected chi connectivity index (χ3v) is 4.94. The van der Waals surface area contributed by atoms with Gasteiger partial charge in [0.25, 0.3) is 5.56 Å². The van der Waals surface area contributed by atoms with Gasteiger partial charge in [-0.25, -0.2) is 4.98 Å². The zero-order valence-corrected chi connectivity index (χ0v) is 14.2. The monoisotopic (exact) mass is 345 g/mol. The molecule has 1 aliphatic heterocycles. The minimum Gasteiger partial charge on any atom is -0.492 e. The van der Waals surface area contributed by atoms with Crippen LogP contribution >= 0.6 is 11.8 Å². The van der Waals surface area contributed by atoms with Gasteiger partial charge < -0.3 is 10.1 Å². The van der Waals surface area contributed by atoms with Crippen LogP contribution in [0.15, 0.2) is 46.5 Å². The number of nitrogens with zero attached hydrogens (tertiary/aromatic N) is 2. The molecule has 24 heavy (non-hydrogen) atoms. The number of carbonyl (C=O) groups is 1. The molecule has 1 aromatic carbocycles. The van der Waals surface area contributed by atoms with E-state index in [2.05, 4.69) is 10.3 Å². The Hall–Kier alpha value is -2.28. The molecule has 0 aliphatic carbocycles. The first-order valence-corrected chi connectivity index (χ1v) is 8.78. The molecule has 1 aliphatic rings. The molecule has 1 aromatic heterocycles. The van der Waals surface area contributed by atoms with Crippen LogP contribution in [0.4, 0.5) is 0 Å². The summed E-state index contributed by atoms with van der Waals surface area (Å²) < 4.78 is 7.14. The van der Waals surface area contributed by atoms with Crippen LogP contribution in [0.1, 0.15) is 5.56 Å². The van der Waals surface area contributed by atoms with Crippen LogP contribution in [-0.4, -0.2) is 34.4 Å². The SMILES string of the molecule is Cc1cnc2n(c1=O)C[C@@H](C(=O)NCCOc1ccccc1)CS2. The van der Waals surface area contributed by atoms with E-state index in [1.807, 2.05) is 30.3 Å². The summed E-state index contributed by atoms with van der Waals surface area (Å²) in [5.74, 6) is 1.11. The second-order valence-electron chi connectivity index (χ2n) is 5.60. The maximum absolute atomic E-state index is 12.3. The average molecular weight is 345 g/mol. The number of benzene rings is 1. The first-order chi connectivity index (χ1) is 11.6. The standard InChI is InChI=1S/C17H19N3O3S/c1-12-9-19-17-20(16(12)22)10-13(11-24-17)15(21)18-7-8-23-14-5-3-2-4-6-14/h2-6,9,13H,7-8,10-11H2,1H3,(H,18,21)/t13-/m1/s1. The Morgan fingerprint density at radius 3 is 3.00 bits per heavy atom. The van der Waals surface area contributed by atoms with E-state index in [-0.39, 0.29) is 17.4 Å². The lowest BCUT2D eigenvalue weighted by atomic mass is 10.1. The number of fused-ring (bicyclic) bond motifs is 1. The predicted molar refractivity (Wildman–Crippen MR) is 92.4 cm³/mol. The Labute approximate surface area is 144 Å². The Balaban J connectivity index is 1.51. The normalized spacial score (nSPS) is 16.3. The molecule has 0 unspecified atom stereocenters. The van der Waals surface area contributed by atoms with Crippen LogP contribution in [0.3, 0.4) is 0 Å². The fourth-order valence-electron chi connectivity index (χ4n) is 2.46. The quantitative estimate of drug-likeness (QED) is 0.656. The highest BCUT2D eigenvalue weighted by Crippen LogP contribution is 2.24. The van der Waals surface area contributed by atoms with Gasteiger partial charge in [-0.15, -0.1) is 0 Å².